The Labute approximate surface area is 204 Å². The van der Waals surface area contributed by atoms with Crippen LogP contribution in [0.15, 0.2) is 30.5 Å². The molecule has 0 saturated carbocycles. The second-order valence-corrected chi connectivity index (χ2v) is 9.60. The molecule has 1 unspecified atom stereocenters. The van der Waals surface area contributed by atoms with Crippen molar-refractivity contribution in [3.05, 3.63) is 36.2 Å². The van der Waals surface area contributed by atoms with Crippen molar-refractivity contribution in [3.8, 4) is 22.9 Å². The van der Waals surface area contributed by atoms with Crippen molar-refractivity contribution in [2.75, 3.05) is 33.4 Å². The Kier molecular flexibility index (Phi) is 6.84. The smallest absolute Gasteiger partial charge is 0.410 e. The van der Waals surface area contributed by atoms with Crippen molar-refractivity contribution in [1.29, 1.82) is 0 Å². The fraction of sp³-hybridized carbons (Fsp3) is 0.520. The van der Waals surface area contributed by atoms with Gasteiger partial charge in [-0.1, -0.05) is 0 Å². The summed E-state index contributed by atoms with van der Waals surface area (Å²) < 4.78 is 28.1. The van der Waals surface area contributed by atoms with Crippen LogP contribution in [-0.4, -0.2) is 77.6 Å². The maximum atomic E-state index is 12.5. The molecule has 0 N–H and O–H groups in total. The van der Waals surface area contributed by atoms with Crippen LogP contribution in [0.2, 0.25) is 0 Å². The molecule has 2 aliphatic rings. The Morgan fingerprint density at radius 1 is 1.23 bits per heavy atom. The number of esters is 1. The molecule has 10 heteroatoms. The first kappa shape index (κ1) is 24.7. The summed E-state index contributed by atoms with van der Waals surface area (Å²) in [5, 5.41) is 0. The van der Waals surface area contributed by atoms with Gasteiger partial charge in [0.25, 0.3) is 0 Å². The molecule has 10 nitrogen and oxygen atoms in total. The lowest BCUT2D eigenvalue weighted by Gasteiger charge is -2.46. The van der Waals surface area contributed by atoms with Gasteiger partial charge >= 0.3 is 12.1 Å². The number of methoxy groups -OCH3 is 1. The third kappa shape index (κ3) is 5.48. The van der Waals surface area contributed by atoms with Gasteiger partial charge in [0, 0.05) is 12.6 Å². The average Bonchev–Trinajstić information content (AvgIpc) is 3.22. The van der Waals surface area contributed by atoms with Crippen molar-refractivity contribution in [1.82, 2.24) is 14.9 Å². The lowest BCUT2D eigenvalue weighted by atomic mass is 9.90. The van der Waals surface area contributed by atoms with Gasteiger partial charge in [-0.25, -0.2) is 19.6 Å². The molecule has 0 bridgehead atoms. The molecule has 188 valence electrons. The fourth-order valence-corrected chi connectivity index (χ4v) is 4.15. The average molecular weight is 486 g/mol. The molecule has 1 atom stereocenters. The summed E-state index contributed by atoms with van der Waals surface area (Å²) in [4.78, 5) is 35.2. The summed E-state index contributed by atoms with van der Waals surface area (Å²) in [6, 6.07) is 7.04. The van der Waals surface area contributed by atoms with Gasteiger partial charge in [0.1, 0.15) is 17.3 Å². The van der Waals surface area contributed by atoms with Crippen molar-refractivity contribution in [2.24, 2.45) is 0 Å². The van der Waals surface area contributed by atoms with Crippen LogP contribution < -0.4 is 9.47 Å². The predicted molar refractivity (Wildman–Crippen MR) is 125 cm³/mol. The largest absolute Gasteiger partial charge is 0.485 e. The Hall–Kier alpha value is -3.40. The highest BCUT2D eigenvalue weighted by atomic mass is 16.6. The molecule has 1 amide bonds. The number of pyridine rings is 2. The standard InChI is InChI=1S/C25H31N3O7/c1-6-32-21-17(8-7-11-26-21)18-9-10-19(20(27-18)22(29)31-5)34-16-12-25(33-13-16)14-28(15-25)23(30)35-24(2,3)4/h7-11,16H,6,12-15H2,1-5H3. The maximum absolute atomic E-state index is 12.5. The highest BCUT2D eigenvalue weighted by Crippen LogP contribution is 2.38. The van der Waals surface area contributed by atoms with E-state index in [1.807, 2.05) is 33.8 Å². The molecule has 35 heavy (non-hydrogen) atoms. The van der Waals surface area contributed by atoms with Gasteiger partial charge < -0.3 is 28.6 Å². The minimum Gasteiger partial charge on any atom is -0.485 e. The van der Waals surface area contributed by atoms with E-state index in [9.17, 15) is 9.59 Å². The van der Waals surface area contributed by atoms with E-state index in [-0.39, 0.29) is 17.9 Å². The highest BCUT2D eigenvalue weighted by molar-refractivity contribution is 5.91. The van der Waals surface area contributed by atoms with Crippen LogP contribution in [0.1, 0.15) is 44.6 Å². The Morgan fingerprint density at radius 3 is 2.69 bits per heavy atom. The van der Waals surface area contributed by atoms with E-state index < -0.39 is 17.2 Å². The predicted octanol–water partition coefficient (Wildman–Crippen LogP) is 3.49. The van der Waals surface area contributed by atoms with E-state index in [0.29, 0.717) is 55.6 Å². The van der Waals surface area contributed by atoms with Crippen LogP contribution in [0.5, 0.6) is 11.6 Å². The summed E-state index contributed by atoms with van der Waals surface area (Å²) in [5.41, 5.74) is 0.209. The number of carbonyl (C=O) groups is 2. The molecule has 4 heterocycles. The second kappa shape index (κ2) is 9.69. The lowest BCUT2D eigenvalue weighted by Crippen LogP contribution is -2.64. The number of likely N-dealkylation sites (tertiary alicyclic amines) is 1. The van der Waals surface area contributed by atoms with Gasteiger partial charge in [-0.05, 0) is 52.0 Å². The van der Waals surface area contributed by atoms with Crippen LogP contribution in [0.4, 0.5) is 4.79 Å². The van der Waals surface area contributed by atoms with Crippen LogP contribution in [0, 0.1) is 0 Å². The highest BCUT2D eigenvalue weighted by Gasteiger charge is 2.53. The summed E-state index contributed by atoms with van der Waals surface area (Å²) in [7, 11) is 1.30. The third-order valence-corrected chi connectivity index (χ3v) is 5.64. The minimum absolute atomic E-state index is 0.0567. The number of rotatable bonds is 6. The van der Waals surface area contributed by atoms with E-state index in [4.69, 9.17) is 23.7 Å². The van der Waals surface area contributed by atoms with Crippen LogP contribution in [-0.2, 0) is 14.2 Å². The van der Waals surface area contributed by atoms with E-state index in [2.05, 4.69) is 9.97 Å². The number of carbonyl (C=O) groups excluding carboxylic acids is 2. The molecule has 2 aliphatic heterocycles. The van der Waals surface area contributed by atoms with Crippen LogP contribution in [0.25, 0.3) is 11.3 Å². The summed E-state index contributed by atoms with van der Waals surface area (Å²) in [6.07, 6.45) is 1.55. The number of hydrogen-bond acceptors (Lipinski definition) is 9. The first-order chi connectivity index (χ1) is 16.6. The molecule has 2 saturated heterocycles. The van der Waals surface area contributed by atoms with Gasteiger partial charge in [0.15, 0.2) is 11.4 Å². The van der Waals surface area contributed by atoms with Crippen molar-refractivity contribution >= 4 is 12.1 Å². The Bertz CT molecular complexity index is 1090. The first-order valence-electron chi connectivity index (χ1n) is 11.6. The van der Waals surface area contributed by atoms with E-state index in [0.717, 1.165) is 0 Å². The van der Waals surface area contributed by atoms with Crippen molar-refractivity contribution < 1.29 is 33.3 Å². The molecule has 2 aromatic rings. The maximum Gasteiger partial charge on any atom is 0.410 e. The van der Waals surface area contributed by atoms with Crippen LogP contribution >= 0.6 is 0 Å². The lowest BCUT2D eigenvalue weighted by molar-refractivity contribution is -0.109. The molecule has 4 rings (SSSR count). The number of ether oxygens (including phenoxy) is 5. The van der Waals surface area contributed by atoms with E-state index in [1.54, 1.807) is 29.3 Å². The fourth-order valence-electron chi connectivity index (χ4n) is 4.15. The Morgan fingerprint density at radius 2 is 2.00 bits per heavy atom. The zero-order valence-corrected chi connectivity index (χ0v) is 20.7. The zero-order valence-electron chi connectivity index (χ0n) is 20.7. The number of aromatic nitrogens is 2. The SMILES string of the molecule is CCOc1ncccc1-c1ccc(OC2COC3(C2)CN(C(=O)OC(C)(C)C)C3)c(C(=O)OC)n1. The quantitative estimate of drug-likeness (QED) is 0.568. The monoisotopic (exact) mass is 485 g/mol. The Balaban J connectivity index is 1.47. The first-order valence-corrected chi connectivity index (χ1v) is 11.6. The molecule has 0 aromatic carbocycles. The van der Waals surface area contributed by atoms with Crippen molar-refractivity contribution in [3.63, 3.8) is 0 Å². The third-order valence-electron chi connectivity index (χ3n) is 5.64. The topological polar surface area (TPSA) is 109 Å². The van der Waals surface area contributed by atoms with Gasteiger partial charge in [-0.15, -0.1) is 0 Å². The summed E-state index contributed by atoms with van der Waals surface area (Å²) >= 11 is 0. The molecular formula is C25H31N3O7. The number of hydrogen-bond donors (Lipinski definition) is 0. The summed E-state index contributed by atoms with van der Waals surface area (Å²) in [6.45, 7) is 9.02. The normalized spacial score (nSPS) is 18.7. The van der Waals surface area contributed by atoms with Gasteiger partial charge in [-0.3, -0.25) is 0 Å². The van der Waals surface area contributed by atoms with Gasteiger partial charge in [-0.2, -0.15) is 0 Å². The number of amides is 1. The van der Waals surface area contributed by atoms with Crippen LogP contribution in [0.3, 0.4) is 0 Å². The molecule has 0 aliphatic carbocycles. The van der Waals surface area contributed by atoms with Gasteiger partial charge in [0.05, 0.1) is 44.7 Å². The zero-order chi connectivity index (χ0) is 25.2. The summed E-state index contributed by atoms with van der Waals surface area (Å²) in [5.74, 6) is 0.117. The van der Waals surface area contributed by atoms with Gasteiger partial charge in [0.2, 0.25) is 5.88 Å². The molecule has 2 fully saturated rings. The molecular weight excluding hydrogens is 454 g/mol. The van der Waals surface area contributed by atoms with E-state index in [1.165, 1.54) is 7.11 Å². The second-order valence-electron chi connectivity index (χ2n) is 9.60. The molecule has 1 spiro atoms. The van der Waals surface area contributed by atoms with E-state index >= 15 is 0 Å². The number of nitrogens with zero attached hydrogens (tertiary/aromatic N) is 3. The minimum atomic E-state index is -0.614. The van der Waals surface area contributed by atoms with Crippen molar-refractivity contribution in [2.45, 2.75) is 51.4 Å². The molecule has 2 aromatic heterocycles. The molecule has 0 radical (unpaired) electrons.